The quantitative estimate of drug-likeness (QED) is 0.886. The number of rotatable bonds is 5. The first-order valence-corrected chi connectivity index (χ1v) is 6.40. The van der Waals surface area contributed by atoms with Crippen molar-refractivity contribution in [2.24, 2.45) is 0 Å². The summed E-state index contributed by atoms with van der Waals surface area (Å²) in [7, 11) is 3.06. The molecule has 0 aliphatic carbocycles. The summed E-state index contributed by atoms with van der Waals surface area (Å²) in [4.78, 5) is 12.3. The minimum Gasteiger partial charge on any atom is -0.497 e. The molecule has 0 heterocycles. The number of ether oxygens (including phenoxy) is 2. The second-order valence-corrected chi connectivity index (χ2v) is 4.41. The molecule has 2 aromatic carbocycles. The van der Waals surface area contributed by atoms with Crippen molar-refractivity contribution in [3.05, 3.63) is 53.6 Å². The molecule has 0 aliphatic rings. The predicted molar refractivity (Wildman–Crippen MR) is 79.9 cm³/mol. The molecular weight excluding hydrogens is 270 g/mol. The Morgan fingerprint density at radius 3 is 2.33 bits per heavy atom. The van der Waals surface area contributed by atoms with E-state index >= 15 is 0 Å². The van der Waals surface area contributed by atoms with Gasteiger partial charge in [-0.3, -0.25) is 4.79 Å². The Hall–Kier alpha value is -2.53. The fourth-order valence-corrected chi connectivity index (χ4v) is 1.89. The maximum Gasteiger partial charge on any atom is 0.255 e. The summed E-state index contributed by atoms with van der Waals surface area (Å²) in [5.74, 6) is 0.814. The second-order valence-electron chi connectivity index (χ2n) is 4.41. The van der Waals surface area contributed by atoms with E-state index in [1.54, 1.807) is 42.5 Å². The maximum absolute atomic E-state index is 12.3. The van der Waals surface area contributed by atoms with Crippen LogP contribution in [0, 0.1) is 0 Å². The van der Waals surface area contributed by atoms with Crippen molar-refractivity contribution in [1.82, 2.24) is 0 Å². The monoisotopic (exact) mass is 287 g/mol. The Balaban J connectivity index is 2.23. The summed E-state index contributed by atoms with van der Waals surface area (Å²) in [6.07, 6.45) is 0. The molecule has 0 bridgehead atoms. The lowest BCUT2D eigenvalue weighted by molar-refractivity contribution is 0.102. The zero-order chi connectivity index (χ0) is 15.2. The van der Waals surface area contributed by atoms with Gasteiger partial charge in [-0.05, 0) is 29.8 Å². The summed E-state index contributed by atoms with van der Waals surface area (Å²) < 4.78 is 10.3. The summed E-state index contributed by atoms with van der Waals surface area (Å²) >= 11 is 0. The molecule has 2 aromatic rings. The Bertz CT molecular complexity index is 618. The Morgan fingerprint density at radius 1 is 1.10 bits per heavy atom. The third kappa shape index (κ3) is 3.73. The zero-order valence-electron chi connectivity index (χ0n) is 11.9. The van der Waals surface area contributed by atoms with Gasteiger partial charge >= 0.3 is 0 Å². The van der Waals surface area contributed by atoms with Gasteiger partial charge in [-0.2, -0.15) is 0 Å². The van der Waals surface area contributed by atoms with E-state index in [2.05, 4.69) is 5.32 Å². The number of carbonyl (C=O) groups excluding carboxylic acids is 1. The van der Waals surface area contributed by atoms with Gasteiger partial charge in [-0.25, -0.2) is 0 Å². The van der Waals surface area contributed by atoms with Crippen LogP contribution >= 0.6 is 0 Å². The summed E-state index contributed by atoms with van der Waals surface area (Å²) in [5.41, 5.74) is 1.78. The number of aliphatic hydroxyl groups is 1. The van der Waals surface area contributed by atoms with Crippen LogP contribution in [0.15, 0.2) is 42.5 Å². The molecule has 0 atom stereocenters. The van der Waals surface area contributed by atoms with Gasteiger partial charge in [0, 0.05) is 17.3 Å². The second kappa shape index (κ2) is 6.76. The number of carbonyl (C=O) groups is 1. The largest absolute Gasteiger partial charge is 0.497 e. The number of hydrogen-bond donors (Lipinski definition) is 2. The van der Waals surface area contributed by atoms with Crippen molar-refractivity contribution >= 4 is 11.6 Å². The first-order valence-electron chi connectivity index (χ1n) is 6.40. The van der Waals surface area contributed by atoms with Crippen molar-refractivity contribution in [3.8, 4) is 11.5 Å². The molecule has 110 valence electrons. The SMILES string of the molecule is COc1cc(OC)cc(C(=O)Nc2cccc(CO)c2)c1. The van der Waals surface area contributed by atoms with E-state index in [-0.39, 0.29) is 12.5 Å². The molecule has 0 fully saturated rings. The third-order valence-electron chi connectivity index (χ3n) is 2.98. The fourth-order valence-electron chi connectivity index (χ4n) is 1.89. The lowest BCUT2D eigenvalue weighted by atomic mass is 10.1. The summed E-state index contributed by atoms with van der Waals surface area (Å²) in [6.45, 7) is -0.0727. The average molecular weight is 287 g/mol. The number of benzene rings is 2. The van der Waals surface area contributed by atoms with Crippen molar-refractivity contribution in [3.63, 3.8) is 0 Å². The highest BCUT2D eigenvalue weighted by atomic mass is 16.5. The van der Waals surface area contributed by atoms with Gasteiger partial charge in [-0.15, -0.1) is 0 Å². The fraction of sp³-hybridized carbons (Fsp3) is 0.188. The number of amides is 1. The predicted octanol–water partition coefficient (Wildman–Crippen LogP) is 2.45. The van der Waals surface area contributed by atoms with Gasteiger partial charge in [0.25, 0.3) is 5.91 Å². The lowest BCUT2D eigenvalue weighted by Crippen LogP contribution is -2.12. The molecule has 2 rings (SSSR count). The molecule has 2 N–H and O–H groups in total. The van der Waals surface area contributed by atoms with Gasteiger partial charge in [0.1, 0.15) is 11.5 Å². The van der Waals surface area contributed by atoms with E-state index in [0.717, 1.165) is 5.56 Å². The van der Waals surface area contributed by atoms with Crippen LogP contribution in [-0.2, 0) is 6.61 Å². The molecule has 0 aliphatic heterocycles. The van der Waals surface area contributed by atoms with E-state index in [1.165, 1.54) is 14.2 Å². The highest BCUT2D eigenvalue weighted by Crippen LogP contribution is 2.23. The molecule has 0 aromatic heterocycles. The van der Waals surface area contributed by atoms with Crippen LogP contribution < -0.4 is 14.8 Å². The van der Waals surface area contributed by atoms with E-state index in [1.807, 2.05) is 0 Å². The average Bonchev–Trinajstić information content (AvgIpc) is 2.54. The molecule has 0 radical (unpaired) electrons. The molecule has 0 saturated heterocycles. The first-order chi connectivity index (χ1) is 10.2. The minimum atomic E-state index is -0.276. The van der Waals surface area contributed by atoms with Gasteiger partial charge < -0.3 is 19.9 Å². The van der Waals surface area contributed by atoms with Crippen LogP contribution in [0.2, 0.25) is 0 Å². The minimum absolute atomic E-state index is 0.0727. The van der Waals surface area contributed by atoms with Crippen molar-refractivity contribution in [1.29, 1.82) is 0 Å². The van der Waals surface area contributed by atoms with Gasteiger partial charge in [-0.1, -0.05) is 12.1 Å². The topological polar surface area (TPSA) is 67.8 Å². The smallest absolute Gasteiger partial charge is 0.255 e. The highest BCUT2D eigenvalue weighted by molar-refractivity contribution is 6.04. The summed E-state index contributed by atoms with van der Waals surface area (Å²) in [5, 5.41) is 11.9. The van der Waals surface area contributed by atoms with Crippen LogP contribution in [-0.4, -0.2) is 25.2 Å². The van der Waals surface area contributed by atoms with Crippen molar-refractivity contribution < 1.29 is 19.4 Å². The molecular formula is C16H17NO4. The van der Waals surface area contributed by atoms with Gasteiger partial charge in [0.05, 0.1) is 20.8 Å². The molecule has 0 spiro atoms. The van der Waals surface area contributed by atoms with E-state index in [4.69, 9.17) is 14.6 Å². The molecule has 0 unspecified atom stereocenters. The van der Waals surface area contributed by atoms with Crippen LogP contribution in [0.3, 0.4) is 0 Å². The molecule has 0 saturated carbocycles. The normalized spacial score (nSPS) is 10.0. The van der Waals surface area contributed by atoms with Crippen LogP contribution in [0.25, 0.3) is 0 Å². The van der Waals surface area contributed by atoms with Crippen LogP contribution in [0.4, 0.5) is 5.69 Å². The molecule has 1 amide bonds. The standard InChI is InChI=1S/C16H17NO4/c1-20-14-7-12(8-15(9-14)21-2)16(19)17-13-5-3-4-11(6-13)10-18/h3-9,18H,10H2,1-2H3,(H,17,19). The molecule has 5 heteroatoms. The maximum atomic E-state index is 12.3. The summed E-state index contributed by atoms with van der Waals surface area (Å²) in [6, 6.07) is 12.0. The van der Waals surface area contributed by atoms with Crippen molar-refractivity contribution in [2.75, 3.05) is 19.5 Å². The van der Waals surface area contributed by atoms with Crippen LogP contribution in [0.5, 0.6) is 11.5 Å². The third-order valence-corrected chi connectivity index (χ3v) is 2.98. The van der Waals surface area contributed by atoms with Crippen LogP contribution in [0.1, 0.15) is 15.9 Å². The van der Waals surface area contributed by atoms with Gasteiger partial charge in [0.15, 0.2) is 0 Å². The Morgan fingerprint density at radius 2 is 1.76 bits per heavy atom. The number of hydrogen-bond acceptors (Lipinski definition) is 4. The Kier molecular flexibility index (Phi) is 4.79. The molecule has 5 nitrogen and oxygen atoms in total. The Labute approximate surface area is 123 Å². The molecule has 21 heavy (non-hydrogen) atoms. The lowest BCUT2D eigenvalue weighted by Gasteiger charge is -2.10. The number of nitrogens with one attached hydrogen (secondary N) is 1. The number of aliphatic hydroxyl groups excluding tert-OH is 1. The van der Waals surface area contributed by atoms with E-state index < -0.39 is 0 Å². The van der Waals surface area contributed by atoms with Crippen molar-refractivity contribution in [2.45, 2.75) is 6.61 Å². The van der Waals surface area contributed by atoms with Gasteiger partial charge in [0.2, 0.25) is 0 Å². The first kappa shape index (κ1) is 14.9. The highest BCUT2D eigenvalue weighted by Gasteiger charge is 2.10. The van der Waals surface area contributed by atoms with E-state index in [0.29, 0.717) is 22.7 Å². The number of anilines is 1. The zero-order valence-corrected chi connectivity index (χ0v) is 11.9. The van der Waals surface area contributed by atoms with E-state index in [9.17, 15) is 4.79 Å². The number of methoxy groups -OCH3 is 2.